The molecular weight excluding hydrogens is 330 g/mol. The number of nitrogens with zero attached hydrogens (tertiary/aromatic N) is 1. The van der Waals surface area contributed by atoms with E-state index in [1.165, 1.54) is 0 Å². The van der Waals surface area contributed by atoms with Gasteiger partial charge >= 0.3 is 0 Å². The van der Waals surface area contributed by atoms with Gasteiger partial charge in [-0.25, -0.2) is 0 Å². The molecule has 0 saturated carbocycles. The van der Waals surface area contributed by atoms with Crippen LogP contribution >= 0.6 is 15.9 Å². The third-order valence-electron chi connectivity index (χ3n) is 2.93. The van der Waals surface area contributed by atoms with E-state index in [0.717, 1.165) is 21.4 Å². The highest BCUT2D eigenvalue weighted by molar-refractivity contribution is 9.10. The molecule has 2 rings (SSSR count). The van der Waals surface area contributed by atoms with Gasteiger partial charge in [0.25, 0.3) is 0 Å². The van der Waals surface area contributed by atoms with Crippen LogP contribution in [0, 0.1) is 18.3 Å². The third-order valence-corrected chi connectivity index (χ3v) is 3.46. The van der Waals surface area contributed by atoms with Crippen LogP contribution in [-0.4, -0.2) is 12.5 Å². The Hall–Kier alpha value is -2.32. The van der Waals surface area contributed by atoms with Gasteiger partial charge in [0.1, 0.15) is 0 Å². The van der Waals surface area contributed by atoms with E-state index in [-0.39, 0.29) is 12.5 Å². The Morgan fingerprint density at radius 3 is 2.62 bits per heavy atom. The van der Waals surface area contributed by atoms with E-state index in [4.69, 9.17) is 5.26 Å². The van der Waals surface area contributed by atoms with E-state index in [9.17, 15) is 4.79 Å². The predicted molar refractivity (Wildman–Crippen MR) is 87.2 cm³/mol. The summed E-state index contributed by atoms with van der Waals surface area (Å²) in [6.07, 6.45) is 0. The van der Waals surface area contributed by atoms with Crippen LogP contribution in [0.15, 0.2) is 46.9 Å². The van der Waals surface area contributed by atoms with Gasteiger partial charge in [0.2, 0.25) is 5.91 Å². The van der Waals surface area contributed by atoms with E-state index in [1.54, 1.807) is 12.1 Å². The monoisotopic (exact) mass is 343 g/mol. The number of anilines is 2. The highest BCUT2D eigenvalue weighted by atomic mass is 79.9. The second-order valence-electron chi connectivity index (χ2n) is 4.55. The Kier molecular flexibility index (Phi) is 4.96. The van der Waals surface area contributed by atoms with Crippen molar-refractivity contribution in [2.75, 3.05) is 17.2 Å². The van der Waals surface area contributed by atoms with E-state index in [0.29, 0.717) is 5.56 Å². The minimum absolute atomic E-state index is 0.140. The number of halogens is 1. The molecule has 0 aliphatic rings. The number of carbonyl (C=O) groups is 1. The number of carbonyl (C=O) groups excluding carboxylic acids is 1. The molecule has 2 aromatic carbocycles. The average Bonchev–Trinajstić information content (AvgIpc) is 2.49. The number of benzene rings is 2. The maximum atomic E-state index is 11.9. The van der Waals surface area contributed by atoms with Crippen LogP contribution in [0.25, 0.3) is 0 Å². The smallest absolute Gasteiger partial charge is 0.243 e. The van der Waals surface area contributed by atoms with Gasteiger partial charge in [-0.15, -0.1) is 0 Å². The summed E-state index contributed by atoms with van der Waals surface area (Å²) in [5.41, 5.74) is 3.09. The van der Waals surface area contributed by atoms with Gasteiger partial charge in [-0.1, -0.05) is 22.0 Å². The Balaban J connectivity index is 1.95. The molecule has 0 aliphatic carbocycles. The van der Waals surface area contributed by atoms with Crippen LogP contribution in [0.3, 0.4) is 0 Å². The molecule has 0 aromatic heterocycles. The van der Waals surface area contributed by atoms with Crippen LogP contribution in [0.1, 0.15) is 11.1 Å². The Morgan fingerprint density at radius 2 is 1.95 bits per heavy atom. The molecule has 0 aliphatic heterocycles. The molecule has 0 bridgehead atoms. The number of hydrogen-bond donors (Lipinski definition) is 2. The summed E-state index contributed by atoms with van der Waals surface area (Å²) in [4.78, 5) is 11.9. The maximum Gasteiger partial charge on any atom is 0.243 e. The molecule has 0 saturated heterocycles. The molecule has 2 aromatic rings. The van der Waals surface area contributed by atoms with Crippen molar-refractivity contribution in [3.8, 4) is 6.07 Å². The number of nitriles is 1. The SMILES string of the molecule is Cc1ccc(C#N)cc1NCC(=O)Nc1ccc(Br)cc1. The number of rotatable bonds is 4. The summed E-state index contributed by atoms with van der Waals surface area (Å²) in [5, 5.41) is 14.7. The molecule has 5 heteroatoms. The Bertz CT molecular complexity index is 690. The standard InChI is InChI=1S/C16H14BrN3O/c1-11-2-3-12(9-18)8-15(11)19-10-16(21)20-14-6-4-13(17)5-7-14/h2-8,19H,10H2,1H3,(H,20,21). The van der Waals surface area contributed by atoms with Crippen LogP contribution in [0.2, 0.25) is 0 Å². The molecule has 0 fully saturated rings. The zero-order chi connectivity index (χ0) is 15.2. The summed E-state index contributed by atoms with van der Waals surface area (Å²) >= 11 is 3.34. The zero-order valence-electron chi connectivity index (χ0n) is 11.5. The van der Waals surface area contributed by atoms with Crippen LogP contribution in [0.5, 0.6) is 0 Å². The molecular formula is C16H14BrN3O. The van der Waals surface area contributed by atoms with Crippen molar-refractivity contribution in [1.29, 1.82) is 5.26 Å². The average molecular weight is 344 g/mol. The first-order valence-corrected chi connectivity index (χ1v) is 7.18. The van der Waals surface area contributed by atoms with Crippen molar-refractivity contribution in [2.24, 2.45) is 0 Å². The molecule has 0 atom stereocenters. The molecule has 106 valence electrons. The molecule has 1 amide bonds. The normalized spacial score (nSPS) is 9.76. The van der Waals surface area contributed by atoms with Gasteiger partial charge in [0, 0.05) is 15.8 Å². The number of amides is 1. The second kappa shape index (κ2) is 6.91. The molecule has 0 spiro atoms. The van der Waals surface area contributed by atoms with Crippen molar-refractivity contribution < 1.29 is 4.79 Å². The van der Waals surface area contributed by atoms with E-state index in [1.807, 2.05) is 37.3 Å². The molecule has 0 unspecified atom stereocenters. The van der Waals surface area contributed by atoms with Crippen molar-refractivity contribution in [2.45, 2.75) is 6.92 Å². The number of nitrogens with one attached hydrogen (secondary N) is 2. The quantitative estimate of drug-likeness (QED) is 0.889. The first-order chi connectivity index (χ1) is 10.1. The summed E-state index contributed by atoms with van der Waals surface area (Å²) in [5.74, 6) is -0.140. The summed E-state index contributed by atoms with van der Waals surface area (Å²) in [6.45, 7) is 2.07. The van der Waals surface area contributed by atoms with E-state index < -0.39 is 0 Å². The van der Waals surface area contributed by atoms with Gasteiger partial charge in [0.15, 0.2) is 0 Å². The van der Waals surface area contributed by atoms with Gasteiger partial charge in [-0.05, 0) is 48.9 Å². The molecule has 4 nitrogen and oxygen atoms in total. The first-order valence-electron chi connectivity index (χ1n) is 6.38. The lowest BCUT2D eigenvalue weighted by atomic mass is 10.1. The topological polar surface area (TPSA) is 64.9 Å². The second-order valence-corrected chi connectivity index (χ2v) is 5.47. The summed E-state index contributed by atoms with van der Waals surface area (Å²) in [6, 6.07) is 14.8. The van der Waals surface area contributed by atoms with E-state index >= 15 is 0 Å². The van der Waals surface area contributed by atoms with Gasteiger partial charge in [0.05, 0.1) is 18.2 Å². The minimum atomic E-state index is -0.140. The zero-order valence-corrected chi connectivity index (χ0v) is 13.1. The van der Waals surface area contributed by atoms with Gasteiger partial charge in [-0.3, -0.25) is 4.79 Å². The lowest BCUT2D eigenvalue weighted by Crippen LogP contribution is -2.22. The lowest BCUT2D eigenvalue weighted by molar-refractivity contribution is -0.114. The molecule has 2 N–H and O–H groups in total. The molecule has 0 heterocycles. The summed E-state index contributed by atoms with van der Waals surface area (Å²) < 4.78 is 0.961. The molecule has 0 radical (unpaired) electrons. The van der Waals surface area contributed by atoms with Crippen molar-refractivity contribution in [3.05, 3.63) is 58.1 Å². The maximum absolute atomic E-state index is 11.9. The van der Waals surface area contributed by atoms with Crippen LogP contribution in [0.4, 0.5) is 11.4 Å². The van der Waals surface area contributed by atoms with E-state index in [2.05, 4.69) is 32.6 Å². The summed E-state index contributed by atoms with van der Waals surface area (Å²) in [7, 11) is 0. The lowest BCUT2D eigenvalue weighted by Gasteiger charge is -2.10. The predicted octanol–water partition coefficient (Wildman–Crippen LogP) is 3.68. The largest absolute Gasteiger partial charge is 0.376 e. The highest BCUT2D eigenvalue weighted by Gasteiger charge is 2.05. The van der Waals surface area contributed by atoms with Crippen molar-refractivity contribution >= 4 is 33.2 Å². The van der Waals surface area contributed by atoms with Crippen LogP contribution in [-0.2, 0) is 4.79 Å². The third kappa shape index (κ3) is 4.33. The minimum Gasteiger partial charge on any atom is -0.376 e. The fourth-order valence-electron chi connectivity index (χ4n) is 1.80. The van der Waals surface area contributed by atoms with Crippen molar-refractivity contribution in [3.63, 3.8) is 0 Å². The Morgan fingerprint density at radius 1 is 1.24 bits per heavy atom. The highest BCUT2D eigenvalue weighted by Crippen LogP contribution is 2.17. The number of hydrogen-bond acceptors (Lipinski definition) is 3. The van der Waals surface area contributed by atoms with Gasteiger partial charge < -0.3 is 10.6 Å². The molecule has 21 heavy (non-hydrogen) atoms. The Labute approximate surface area is 131 Å². The fourth-order valence-corrected chi connectivity index (χ4v) is 2.06. The van der Waals surface area contributed by atoms with Crippen molar-refractivity contribution in [1.82, 2.24) is 0 Å². The first kappa shape index (κ1) is 15.1. The number of aryl methyl sites for hydroxylation is 1. The fraction of sp³-hybridized carbons (Fsp3) is 0.125. The van der Waals surface area contributed by atoms with Gasteiger partial charge in [-0.2, -0.15) is 5.26 Å². The van der Waals surface area contributed by atoms with Crippen LogP contribution < -0.4 is 10.6 Å².